The summed E-state index contributed by atoms with van der Waals surface area (Å²) in [7, 11) is 0. The summed E-state index contributed by atoms with van der Waals surface area (Å²) < 4.78 is 0. The Bertz CT molecular complexity index is 430. The first-order valence-electron chi connectivity index (χ1n) is 6.43. The Morgan fingerprint density at radius 1 is 0.458 bits per heavy atom. The maximum Gasteiger partial charge on any atom is 0.317 e. The van der Waals surface area contributed by atoms with Crippen molar-refractivity contribution in [1.82, 2.24) is 42.5 Å². The van der Waals surface area contributed by atoms with Crippen molar-refractivity contribution < 1.29 is 24.0 Å². The minimum Gasteiger partial charge on any atom is -0.352 e. The Kier molecular flexibility index (Phi) is 10.1. The molecule has 0 radical (unpaired) electrons. The smallest absolute Gasteiger partial charge is 0.317 e. The van der Waals surface area contributed by atoms with Crippen LogP contribution in [0.15, 0.2) is 0 Å². The van der Waals surface area contributed by atoms with E-state index < -0.39 is 30.2 Å². The molecule has 0 spiro atoms. The Morgan fingerprint density at radius 3 is 0.875 bits per heavy atom. The van der Waals surface area contributed by atoms with E-state index in [4.69, 9.17) is 11.5 Å². The molecule has 15 nitrogen and oxygen atoms in total. The Balaban J connectivity index is 3.58. The molecule has 0 aromatic heterocycles. The summed E-state index contributed by atoms with van der Waals surface area (Å²) in [6.45, 7) is -0.750. The van der Waals surface area contributed by atoms with Crippen molar-refractivity contribution in [1.29, 1.82) is 0 Å². The molecule has 0 unspecified atom stereocenters. The molecule has 0 aromatic rings. The number of rotatable bonds is 8. The SMILES string of the molecule is NC(=O)NCNC(=O)NCNC(=O)NCNC(=O)NCNC(N)=O. The molecule has 24 heavy (non-hydrogen) atoms. The summed E-state index contributed by atoms with van der Waals surface area (Å²) in [5.41, 5.74) is 9.56. The summed E-state index contributed by atoms with van der Waals surface area (Å²) in [4.78, 5) is 54.3. The van der Waals surface area contributed by atoms with Crippen LogP contribution in [0.3, 0.4) is 0 Å². The molecular weight excluding hydrogens is 328 g/mol. The van der Waals surface area contributed by atoms with Gasteiger partial charge in [-0.05, 0) is 0 Å². The van der Waals surface area contributed by atoms with E-state index >= 15 is 0 Å². The summed E-state index contributed by atoms with van der Waals surface area (Å²) in [6.07, 6.45) is 0. The van der Waals surface area contributed by atoms with E-state index in [1.807, 2.05) is 0 Å². The Morgan fingerprint density at radius 2 is 0.667 bits per heavy atom. The van der Waals surface area contributed by atoms with Gasteiger partial charge >= 0.3 is 30.2 Å². The molecule has 0 aliphatic carbocycles. The number of carbonyl (C=O) groups is 5. The van der Waals surface area contributed by atoms with E-state index in [0.29, 0.717) is 0 Å². The van der Waals surface area contributed by atoms with E-state index in [1.165, 1.54) is 0 Å². The topological polar surface area (TPSA) is 234 Å². The second kappa shape index (κ2) is 12.0. The third kappa shape index (κ3) is 13.3. The molecule has 0 aromatic carbocycles. The van der Waals surface area contributed by atoms with Crippen molar-refractivity contribution in [2.45, 2.75) is 0 Å². The number of carbonyl (C=O) groups excluding carboxylic acids is 5. The molecule has 0 fully saturated rings. The highest BCUT2D eigenvalue weighted by Crippen LogP contribution is 1.66. The van der Waals surface area contributed by atoms with Crippen LogP contribution in [0, 0.1) is 0 Å². The fourth-order valence-corrected chi connectivity index (χ4v) is 1.02. The number of hydrogen-bond acceptors (Lipinski definition) is 5. The van der Waals surface area contributed by atoms with Crippen LogP contribution in [0.5, 0.6) is 0 Å². The summed E-state index contributed by atoms with van der Waals surface area (Å²) in [5, 5.41) is 17.8. The molecule has 15 heteroatoms. The van der Waals surface area contributed by atoms with Crippen molar-refractivity contribution in [2.75, 3.05) is 26.7 Å². The molecule has 0 heterocycles. The van der Waals surface area contributed by atoms with E-state index in [0.717, 1.165) is 0 Å². The molecule has 0 atom stereocenters. The van der Waals surface area contributed by atoms with Gasteiger partial charge in [-0.1, -0.05) is 0 Å². The number of primary amides is 2. The molecule has 0 bridgehead atoms. The lowest BCUT2D eigenvalue weighted by atomic mass is 10.8. The van der Waals surface area contributed by atoms with Gasteiger partial charge in [-0.3, -0.25) is 0 Å². The first kappa shape index (κ1) is 20.3. The van der Waals surface area contributed by atoms with E-state index in [-0.39, 0.29) is 26.7 Å². The lowest BCUT2D eigenvalue weighted by molar-refractivity contribution is 0.231. The second-order valence-corrected chi connectivity index (χ2v) is 3.84. The van der Waals surface area contributed by atoms with Gasteiger partial charge in [0.2, 0.25) is 0 Å². The molecule has 0 aliphatic heterocycles. The van der Waals surface area contributed by atoms with Gasteiger partial charge in [-0.25, -0.2) is 24.0 Å². The Hall–Kier alpha value is -3.65. The summed E-state index contributed by atoms with van der Waals surface area (Å²) in [6, 6.07) is -3.56. The predicted molar refractivity (Wildman–Crippen MR) is 79.9 cm³/mol. The third-order valence-electron chi connectivity index (χ3n) is 2.02. The highest BCUT2D eigenvalue weighted by Gasteiger charge is 2.03. The molecule has 10 amide bonds. The minimum absolute atomic E-state index is 0.170. The maximum absolute atomic E-state index is 11.3. The molecule has 0 rings (SSSR count). The van der Waals surface area contributed by atoms with Gasteiger partial charge in [-0.2, -0.15) is 0 Å². The van der Waals surface area contributed by atoms with Crippen LogP contribution < -0.4 is 54.0 Å². The van der Waals surface area contributed by atoms with E-state index in [2.05, 4.69) is 42.5 Å². The van der Waals surface area contributed by atoms with Gasteiger partial charge in [0.05, 0.1) is 26.7 Å². The highest BCUT2D eigenvalue weighted by molar-refractivity contribution is 5.78. The Labute approximate surface area is 136 Å². The van der Waals surface area contributed by atoms with Gasteiger partial charge in [0, 0.05) is 0 Å². The van der Waals surface area contributed by atoms with Crippen LogP contribution in [0.25, 0.3) is 0 Å². The molecular formula is C9H20N10O5. The first-order chi connectivity index (χ1) is 11.3. The van der Waals surface area contributed by atoms with Crippen molar-refractivity contribution in [3.8, 4) is 0 Å². The van der Waals surface area contributed by atoms with Gasteiger partial charge in [-0.15, -0.1) is 0 Å². The monoisotopic (exact) mass is 348 g/mol. The summed E-state index contributed by atoms with van der Waals surface area (Å²) in [5.74, 6) is 0. The quantitative estimate of drug-likeness (QED) is 0.197. The molecule has 0 aliphatic rings. The van der Waals surface area contributed by atoms with Gasteiger partial charge in [0.15, 0.2) is 0 Å². The van der Waals surface area contributed by atoms with Crippen LogP contribution in [0.1, 0.15) is 0 Å². The lowest BCUT2D eigenvalue weighted by Gasteiger charge is -2.11. The third-order valence-corrected chi connectivity index (χ3v) is 2.02. The zero-order valence-corrected chi connectivity index (χ0v) is 12.5. The van der Waals surface area contributed by atoms with Crippen molar-refractivity contribution in [3.63, 3.8) is 0 Å². The van der Waals surface area contributed by atoms with Crippen molar-refractivity contribution in [2.24, 2.45) is 11.5 Å². The minimum atomic E-state index is -0.797. The van der Waals surface area contributed by atoms with Crippen LogP contribution >= 0.6 is 0 Å². The van der Waals surface area contributed by atoms with E-state index in [9.17, 15) is 24.0 Å². The normalized spacial score (nSPS) is 9.00. The summed E-state index contributed by atoms with van der Waals surface area (Å²) >= 11 is 0. The predicted octanol–water partition coefficient (Wildman–Crippen LogP) is -3.95. The second-order valence-electron chi connectivity index (χ2n) is 3.84. The first-order valence-corrected chi connectivity index (χ1v) is 6.43. The fourth-order valence-electron chi connectivity index (χ4n) is 1.02. The largest absolute Gasteiger partial charge is 0.352 e. The van der Waals surface area contributed by atoms with Gasteiger partial charge < -0.3 is 54.0 Å². The number of amides is 10. The number of nitrogens with two attached hydrogens (primary N) is 2. The molecule has 0 saturated heterocycles. The average Bonchev–Trinajstić information content (AvgIpc) is 2.46. The average molecular weight is 348 g/mol. The molecule has 0 saturated carbocycles. The molecule has 12 N–H and O–H groups in total. The van der Waals surface area contributed by atoms with Gasteiger partial charge in [0.25, 0.3) is 0 Å². The van der Waals surface area contributed by atoms with Crippen molar-refractivity contribution >= 4 is 30.2 Å². The molecule has 136 valence electrons. The zero-order chi connectivity index (χ0) is 18.4. The van der Waals surface area contributed by atoms with Crippen LogP contribution in [-0.2, 0) is 0 Å². The fraction of sp³-hybridized carbons (Fsp3) is 0.444. The highest BCUT2D eigenvalue weighted by atomic mass is 16.2. The maximum atomic E-state index is 11.3. The standard InChI is InChI=1S/C9H20N10O5/c10-5(20)12-1-14-7(22)16-3-18-9(24)19-4-17-8(23)15-2-13-6(11)21/h1-4H2,(H3,10,12,20)(H3,11,13,21)(H2,14,16,22)(H2,15,17,23)(H2,18,19,24). The lowest BCUT2D eigenvalue weighted by Crippen LogP contribution is -2.51. The van der Waals surface area contributed by atoms with Crippen LogP contribution in [0.4, 0.5) is 24.0 Å². The van der Waals surface area contributed by atoms with Crippen molar-refractivity contribution in [3.05, 3.63) is 0 Å². The number of hydrogen-bond donors (Lipinski definition) is 10. The van der Waals surface area contributed by atoms with Crippen LogP contribution in [0.2, 0.25) is 0 Å². The number of nitrogens with one attached hydrogen (secondary N) is 8. The number of urea groups is 5. The van der Waals surface area contributed by atoms with E-state index in [1.54, 1.807) is 0 Å². The zero-order valence-electron chi connectivity index (χ0n) is 12.5. The van der Waals surface area contributed by atoms with Gasteiger partial charge in [0.1, 0.15) is 0 Å². The van der Waals surface area contributed by atoms with Crippen LogP contribution in [-0.4, -0.2) is 56.8 Å².